The maximum Gasteiger partial charge on any atom is 0.317 e. The van der Waals surface area contributed by atoms with E-state index in [1.54, 1.807) is 0 Å². The molecule has 0 aliphatic carbocycles. The average Bonchev–Trinajstić information content (AvgIpc) is 3.12. The van der Waals surface area contributed by atoms with Crippen molar-refractivity contribution in [1.29, 1.82) is 0 Å². The topological polar surface area (TPSA) is 108 Å². The molecule has 2 aromatic rings. The van der Waals surface area contributed by atoms with Crippen LogP contribution >= 0.6 is 0 Å². The molecule has 2 fully saturated rings. The Morgan fingerprint density at radius 1 is 1.28 bits per heavy atom. The quantitative estimate of drug-likeness (QED) is 0.621. The molecule has 2 saturated heterocycles. The van der Waals surface area contributed by atoms with Crippen LogP contribution in [-0.2, 0) is 17.7 Å². The van der Waals surface area contributed by atoms with Crippen molar-refractivity contribution in [2.24, 2.45) is 5.92 Å². The van der Waals surface area contributed by atoms with Crippen LogP contribution in [0.2, 0.25) is 0 Å². The molecule has 0 saturated carbocycles. The summed E-state index contributed by atoms with van der Waals surface area (Å²) in [5.41, 5.74) is 4.35. The van der Waals surface area contributed by atoms with E-state index in [1.165, 1.54) is 0 Å². The summed E-state index contributed by atoms with van der Waals surface area (Å²) in [5.74, 6) is 0.0257. The highest BCUT2D eigenvalue weighted by molar-refractivity contribution is 5.93. The van der Waals surface area contributed by atoms with E-state index in [0.29, 0.717) is 18.8 Å². The zero-order valence-electron chi connectivity index (χ0n) is 16.7. The van der Waals surface area contributed by atoms with Gasteiger partial charge in [0, 0.05) is 30.3 Å². The molecule has 0 radical (unpaired) electrons. The molecule has 8 nitrogen and oxygen atoms in total. The Morgan fingerprint density at radius 3 is 2.79 bits per heavy atom. The van der Waals surface area contributed by atoms with Gasteiger partial charge in [0.2, 0.25) is 0 Å². The Hall–Kier alpha value is -2.87. The number of rotatable bonds is 5. The Labute approximate surface area is 169 Å². The van der Waals surface area contributed by atoms with E-state index >= 15 is 0 Å². The molecule has 0 unspecified atom stereocenters. The molecule has 29 heavy (non-hydrogen) atoms. The molecule has 3 amide bonds. The van der Waals surface area contributed by atoms with E-state index in [2.05, 4.69) is 26.1 Å². The third-order valence-corrected chi connectivity index (χ3v) is 5.83. The molecule has 8 heteroatoms. The second-order valence-electron chi connectivity index (χ2n) is 7.65. The molecule has 4 N–H and O–H groups in total. The van der Waals surface area contributed by atoms with Crippen molar-refractivity contribution in [1.82, 2.24) is 26.1 Å². The van der Waals surface area contributed by atoms with E-state index in [9.17, 15) is 9.59 Å². The van der Waals surface area contributed by atoms with Crippen LogP contribution in [-0.4, -0.2) is 35.0 Å². The van der Waals surface area contributed by atoms with Crippen LogP contribution in [0.5, 0.6) is 0 Å². The van der Waals surface area contributed by atoms with E-state index in [0.717, 1.165) is 41.6 Å². The zero-order valence-corrected chi connectivity index (χ0v) is 16.7. The second kappa shape index (κ2) is 8.24. The number of amides is 3. The third kappa shape index (κ3) is 3.98. The zero-order chi connectivity index (χ0) is 20.4. The smallest absolute Gasteiger partial charge is 0.317 e. The van der Waals surface area contributed by atoms with Gasteiger partial charge < -0.3 is 20.7 Å². The number of H-pyrrole nitrogens is 1. The fourth-order valence-electron chi connectivity index (χ4n) is 4.15. The fraction of sp³-hybridized carbons (Fsp3) is 0.476. The summed E-state index contributed by atoms with van der Waals surface area (Å²) < 4.78 is 5.73. The second-order valence-corrected chi connectivity index (χ2v) is 7.65. The summed E-state index contributed by atoms with van der Waals surface area (Å²) >= 11 is 0. The van der Waals surface area contributed by atoms with E-state index in [-0.39, 0.29) is 30.1 Å². The molecule has 154 valence electrons. The van der Waals surface area contributed by atoms with Crippen molar-refractivity contribution < 1.29 is 14.3 Å². The first-order valence-corrected chi connectivity index (χ1v) is 10.2. The number of hydrogen-bond acceptors (Lipinski definition) is 4. The summed E-state index contributed by atoms with van der Waals surface area (Å²) in [6.07, 6.45) is 2.58. The van der Waals surface area contributed by atoms with Crippen molar-refractivity contribution >= 4 is 11.9 Å². The minimum atomic E-state index is -0.230. The molecule has 4 rings (SSSR count). The normalized spacial score (nSPS) is 23.7. The van der Waals surface area contributed by atoms with Crippen molar-refractivity contribution in [2.45, 2.75) is 51.9 Å². The number of hydrogen-bond donors (Lipinski definition) is 4. The van der Waals surface area contributed by atoms with Crippen LogP contribution < -0.4 is 16.0 Å². The molecule has 1 aromatic heterocycles. The molecule has 2 aliphatic rings. The number of fused-ring (bicyclic) bond motifs is 1. The lowest BCUT2D eigenvalue weighted by atomic mass is 9.85. The Bertz CT molecular complexity index is 892. The van der Waals surface area contributed by atoms with Crippen LogP contribution in [0.4, 0.5) is 4.79 Å². The molecule has 2 aliphatic heterocycles. The summed E-state index contributed by atoms with van der Waals surface area (Å²) in [7, 11) is 0. The van der Waals surface area contributed by atoms with Crippen LogP contribution in [0.25, 0.3) is 0 Å². The number of benzene rings is 1. The summed E-state index contributed by atoms with van der Waals surface area (Å²) in [6, 6.07) is 7.72. The number of nitrogens with one attached hydrogen (secondary N) is 4. The van der Waals surface area contributed by atoms with Crippen LogP contribution in [0.3, 0.4) is 0 Å². The number of urea groups is 1. The lowest BCUT2D eigenvalue weighted by Crippen LogP contribution is -2.58. The van der Waals surface area contributed by atoms with Gasteiger partial charge in [-0.25, -0.2) is 4.79 Å². The number of nitrogens with zero attached hydrogens (tertiary/aromatic N) is 1. The number of aryl methyl sites for hydroxylation is 1. The van der Waals surface area contributed by atoms with Gasteiger partial charge in [-0.15, -0.1) is 0 Å². The van der Waals surface area contributed by atoms with Gasteiger partial charge in [-0.05, 0) is 37.3 Å². The van der Waals surface area contributed by atoms with Gasteiger partial charge in [0.25, 0.3) is 5.91 Å². The van der Waals surface area contributed by atoms with E-state index in [1.807, 2.05) is 38.1 Å². The van der Waals surface area contributed by atoms with Gasteiger partial charge in [-0.3, -0.25) is 9.89 Å². The minimum absolute atomic E-state index is 0.0724. The van der Waals surface area contributed by atoms with Crippen LogP contribution in [0.15, 0.2) is 24.3 Å². The number of carbonyl (C=O) groups is 2. The maximum atomic E-state index is 12.4. The highest BCUT2D eigenvalue weighted by Crippen LogP contribution is 2.34. The fourth-order valence-corrected chi connectivity index (χ4v) is 4.15. The van der Waals surface area contributed by atoms with Gasteiger partial charge in [0.15, 0.2) is 5.69 Å². The maximum absolute atomic E-state index is 12.4. The molecular formula is C21H27N5O3. The highest BCUT2D eigenvalue weighted by atomic mass is 16.5. The Balaban J connectivity index is 1.40. The average molecular weight is 397 g/mol. The standard InChI is InChI=1S/C21H27N5O3/c1-3-16-12(2)17(26-25-16)19(27)22-11-13-6-8-14(9-7-13)18-15-5-4-10-29-20(15)24-21(28)23-18/h6-9,15,18,20H,3-5,10-11H2,1-2H3,(H,22,27)(H,25,26)(H2,23,24,28)/t15-,18-,20-/m0/s1. The van der Waals surface area contributed by atoms with Crippen molar-refractivity contribution in [3.05, 3.63) is 52.3 Å². The van der Waals surface area contributed by atoms with Gasteiger partial charge >= 0.3 is 6.03 Å². The predicted octanol–water partition coefficient (Wildman–Crippen LogP) is 2.32. The first kappa shape index (κ1) is 19.4. The number of carbonyl (C=O) groups excluding carboxylic acids is 2. The van der Waals surface area contributed by atoms with Gasteiger partial charge in [0.05, 0.1) is 6.04 Å². The number of aromatic nitrogens is 2. The van der Waals surface area contributed by atoms with E-state index in [4.69, 9.17) is 4.74 Å². The molecule has 0 bridgehead atoms. The lowest BCUT2D eigenvalue weighted by molar-refractivity contribution is -0.0602. The summed E-state index contributed by atoms with van der Waals surface area (Å²) in [6.45, 7) is 5.03. The van der Waals surface area contributed by atoms with Crippen molar-refractivity contribution in [3.63, 3.8) is 0 Å². The molecule has 1 aromatic carbocycles. The van der Waals surface area contributed by atoms with Gasteiger partial charge in [-0.2, -0.15) is 5.10 Å². The lowest BCUT2D eigenvalue weighted by Gasteiger charge is -2.41. The number of ether oxygens (including phenoxy) is 1. The third-order valence-electron chi connectivity index (χ3n) is 5.83. The Kier molecular flexibility index (Phi) is 5.53. The molecule has 3 atom stereocenters. The minimum Gasteiger partial charge on any atom is -0.358 e. The van der Waals surface area contributed by atoms with E-state index < -0.39 is 0 Å². The van der Waals surface area contributed by atoms with Gasteiger partial charge in [0.1, 0.15) is 6.23 Å². The highest BCUT2D eigenvalue weighted by Gasteiger charge is 2.39. The summed E-state index contributed by atoms with van der Waals surface area (Å²) in [4.78, 5) is 24.4. The van der Waals surface area contributed by atoms with Crippen LogP contribution in [0, 0.1) is 12.8 Å². The largest absolute Gasteiger partial charge is 0.358 e. The molecule has 0 spiro atoms. The first-order valence-electron chi connectivity index (χ1n) is 10.2. The molecule has 3 heterocycles. The monoisotopic (exact) mass is 397 g/mol. The van der Waals surface area contributed by atoms with Crippen LogP contribution in [0.1, 0.15) is 58.7 Å². The SMILES string of the molecule is CCc1[nH]nc(C(=O)NCc2ccc([C@@H]3NC(=O)N[C@H]4OCCC[C@H]43)cc2)c1C. The number of aromatic amines is 1. The van der Waals surface area contributed by atoms with Gasteiger partial charge in [-0.1, -0.05) is 31.2 Å². The van der Waals surface area contributed by atoms with Crippen molar-refractivity contribution in [2.75, 3.05) is 6.61 Å². The first-order chi connectivity index (χ1) is 14.1. The molecular weight excluding hydrogens is 370 g/mol. The Morgan fingerprint density at radius 2 is 2.07 bits per heavy atom. The summed E-state index contributed by atoms with van der Waals surface area (Å²) in [5, 5.41) is 15.8. The predicted molar refractivity (Wildman–Crippen MR) is 107 cm³/mol. The van der Waals surface area contributed by atoms with Crippen molar-refractivity contribution in [3.8, 4) is 0 Å².